The molecular weight excluding hydrogens is 283 g/mol. The van der Waals surface area contributed by atoms with Gasteiger partial charge in [0.05, 0.1) is 29.0 Å². The number of hydrogen-bond acceptors (Lipinski definition) is 2. The first-order chi connectivity index (χ1) is 9.19. The fourth-order valence-electron chi connectivity index (χ4n) is 1.96. The lowest BCUT2D eigenvalue weighted by molar-refractivity contribution is 0.412. The Kier molecular flexibility index (Phi) is 3.09. The van der Waals surface area contributed by atoms with Gasteiger partial charge in [-0.3, -0.25) is 0 Å². The fourth-order valence-corrected chi connectivity index (χ4v) is 2.55. The van der Waals surface area contributed by atoms with E-state index in [-0.39, 0.29) is 0 Å². The van der Waals surface area contributed by atoms with Crippen molar-refractivity contribution in [2.45, 2.75) is 0 Å². The molecule has 0 aliphatic heterocycles. The summed E-state index contributed by atoms with van der Waals surface area (Å²) in [6, 6.07) is 9.15. The summed E-state index contributed by atoms with van der Waals surface area (Å²) in [5, 5.41) is 1.17. The van der Waals surface area contributed by atoms with E-state index in [1.54, 1.807) is 19.2 Å². The minimum absolute atomic E-state index is 0.586. The lowest BCUT2D eigenvalue weighted by atomic mass is 10.2. The molecule has 0 atom stereocenters. The van der Waals surface area contributed by atoms with Gasteiger partial charge in [0.1, 0.15) is 11.4 Å². The maximum atomic E-state index is 6.19. The number of hydrogen-bond donors (Lipinski definition) is 0. The first kappa shape index (κ1) is 12.3. The van der Waals surface area contributed by atoms with E-state index in [0.717, 1.165) is 22.7 Å². The zero-order valence-corrected chi connectivity index (χ0v) is 11.6. The smallest absolute Gasteiger partial charge is 0.137 e. The first-order valence-corrected chi connectivity index (χ1v) is 6.42. The van der Waals surface area contributed by atoms with Gasteiger partial charge in [-0.05, 0) is 24.3 Å². The van der Waals surface area contributed by atoms with Crippen LogP contribution in [0.5, 0.6) is 5.75 Å². The summed E-state index contributed by atoms with van der Waals surface area (Å²) < 4.78 is 7.07. The molecule has 3 nitrogen and oxygen atoms in total. The molecule has 0 bridgehead atoms. The molecule has 0 fully saturated rings. The predicted molar refractivity (Wildman–Crippen MR) is 77.2 cm³/mol. The average Bonchev–Trinajstić information content (AvgIpc) is 2.80. The number of imidazole rings is 1. The molecule has 19 heavy (non-hydrogen) atoms. The Labute approximate surface area is 120 Å². The monoisotopic (exact) mass is 292 g/mol. The van der Waals surface area contributed by atoms with Crippen molar-refractivity contribution in [2.75, 3.05) is 7.11 Å². The third-order valence-corrected chi connectivity index (χ3v) is 3.51. The van der Waals surface area contributed by atoms with Gasteiger partial charge < -0.3 is 9.14 Å². The van der Waals surface area contributed by atoms with Gasteiger partial charge in [0.25, 0.3) is 0 Å². The van der Waals surface area contributed by atoms with Crippen molar-refractivity contribution in [3.63, 3.8) is 0 Å². The first-order valence-electron chi connectivity index (χ1n) is 5.66. The summed E-state index contributed by atoms with van der Waals surface area (Å²) in [6.07, 6.45) is 3.74. The van der Waals surface area contributed by atoms with Crippen LogP contribution in [0.15, 0.2) is 42.7 Å². The second-order valence-electron chi connectivity index (χ2n) is 4.06. The van der Waals surface area contributed by atoms with Crippen LogP contribution in [-0.2, 0) is 0 Å². The standard InChI is InChI=1S/C14H10Cl2N2O/c1-19-9-5-6-13-17-12(8-18(13)7-9)14-10(15)3-2-4-11(14)16/h2-8H,1H3. The zero-order valence-electron chi connectivity index (χ0n) is 10.1. The van der Waals surface area contributed by atoms with E-state index < -0.39 is 0 Å². The molecule has 5 heteroatoms. The normalized spacial score (nSPS) is 10.9. The van der Waals surface area contributed by atoms with Gasteiger partial charge in [-0.15, -0.1) is 0 Å². The Morgan fingerprint density at radius 3 is 2.47 bits per heavy atom. The molecule has 0 spiro atoms. The van der Waals surface area contributed by atoms with Gasteiger partial charge >= 0.3 is 0 Å². The van der Waals surface area contributed by atoms with Crippen molar-refractivity contribution < 1.29 is 4.74 Å². The van der Waals surface area contributed by atoms with Crippen molar-refractivity contribution in [3.05, 3.63) is 52.8 Å². The highest BCUT2D eigenvalue weighted by Crippen LogP contribution is 2.34. The van der Waals surface area contributed by atoms with Crippen LogP contribution in [0.2, 0.25) is 10.0 Å². The number of benzene rings is 1. The molecule has 0 aliphatic rings. The Bertz CT molecular complexity index is 732. The molecule has 3 aromatic rings. The second kappa shape index (κ2) is 4.76. The van der Waals surface area contributed by atoms with Crippen LogP contribution in [0.4, 0.5) is 0 Å². The number of nitrogens with zero attached hydrogens (tertiary/aromatic N) is 2. The molecule has 2 aromatic heterocycles. The molecular formula is C14H10Cl2N2O. The van der Waals surface area contributed by atoms with Crippen LogP contribution in [0.1, 0.15) is 0 Å². The quantitative estimate of drug-likeness (QED) is 0.703. The Hall–Kier alpha value is -1.71. The summed E-state index contributed by atoms with van der Waals surface area (Å²) in [6.45, 7) is 0. The summed E-state index contributed by atoms with van der Waals surface area (Å²) in [4.78, 5) is 4.52. The largest absolute Gasteiger partial charge is 0.495 e. The highest BCUT2D eigenvalue weighted by molar-refractivity contribution is 6.39. The van der Waals surface area contributed by atoms with Gasteiger partial charge in [-0.25, -0.2) is 4.98 Å². The number of aromatic nitrogens is 2. The number of ether oxygens (including phenoxy) is 1. The lowest BCUT2D eigenvalue weighted by Crippen LogP contribution is -1.86. The number of methoxy groups -OCH3 is 1. The van der Waals surface area contributed by atoms with E-state index in [9.17, 15) is 0 Å². The van der Waals surface area contributed by atoms with Crippen LogP contribution < -0.4 is 4.74 Å². The van der Waals surface area contributed by atoms with Crippen molar-refractivity contribution in [2.24, 2.45) is 0 Å². The van der Waals surface area contributed by atoms with E-state index in [1.165, 1.54) is 0 Å². The Balaban J connectivity index is 2.21. The number of fused-ring (bicyclic) bond motifs is 1. The van der Waals surface area contributed by atoms with Crippen LogP contribution in [0, 0.1) is 0 Å². The maximum absolute atomic E-state index is 6.19. The summed E-state index contributed by atoms with van der Waals surface area (Å²) in [7, 11) is 1.63. The van der Waals surface area contributed by atoms with Crippen LogP contribution in [-0.4, -0.2) is 16.5 Å². The van der Waals surface area contributed by atoms with Crippen LogP contribution in [0.3, 0.4) is 0 Å². The van der Waals surface area contributed by atoms with E-state index in [0.29, 0.717) is 10.0 Å². The third kappa shape index (κ3) is 2.15. The molecule has 0 unspecified atom stereocenters. The molecule has 0 saturated carbocycles. The maximum Gasteiger partial charge on any atom is 0.137 e. The van der Waals surface area contributed by atoms with Gasteiger partial charge in [0, 0.05) is 11.8 Å². The third-order valence-electron chi connectivity index (χ3n) is 2.88. The second-order valence-corrected chi connectivity index (χ2v) is 4.87. The minimum atomic E-state index is 0.586. The molecule has 3 rings (SSSR count). The molecule has 0 N–H and O–H groups in total. The van der Waals surface area contributed by atoms with E-state index in [1.807, 2.05) is 35.0 Å². The zero-order chi connectivity index (χ0) is 13.4. The minimum Gasteiger partial charge on any atom is -0.495 e. The molecule has 1 aromatic carbocycles. The van der Waals surface area contributed by atoms with Gasteiger partial charge in [0.2, 0.25) is 0 Å². The number of halogens is 2. The summed E-state index contributed by atoms with van der Waals surface area (Å²) in [5.41, 5.74) is 2.30. The van der Waals surface area contributed by atoms with E-state index in [4.69, 9.17) is 27.9 Å². The van der Waals surface area contributed by atoms with Crippen molar-refractivity contribution in [1.82, 2.24) is 9.38 Å². The van der Waals surface area contributed by atoms with E-state index in [2.05, 4.69) is 4.98 Å². The van der Waals surface area contributed by atoms with Crippen molar-refractivity contribution in [3.8, 4) is 17.0 Å². The lowest BCUT2D eigenvalue weighted by Gasteiger charge is -2.02. The van der Waals surface area contributed by atoms with Crippen LogP contribution >= 0.6 is 23.2 Å². The molecule has 2 heterocycles. The number of rotatable bonds is 2. The summed E-state index contributed by atoms with van der Waals surface area (Å²) in [5.74, 6) is 0.765. The van der Waals surface area contributed by atoms with Gasteiger partial charge in [-0.2, -0.15) is 0 Å². The summed E-state index contributed by atoms with van der Waals surface area (Å²) >= 11 is 12.4. The molecule has 0 saturated heterocycles. The number of pyridine rings is 1. The molecule has 0 amide bonds. The molecule has 0 radical (unpaired) electrons. The van der Waals surface area contributed by atoms with Crippen molar-refractivity contribution >= 4 is 28.8 Å². The predicted octanol–water partition coefficient (Wildman–Crippen LogP) is 4.32. The molecule has 96 valence electrons. The van der Waals surface area contributed by atoms with Gasteiger partial charge in [0.15, 0.2) is 0 Å². The van der Waals surface area contributed by atoms with E-state index >= 15 is 0 Å². The Morgan fingerprint density at radius 1 is 1.05 bits per heavy atom. The Morgan fingerprint density at radius 2 is 1.79 bits per heavy atom. The average molecular weight is 293 g/mol. The van der Waals surface area contributed by atoms with Gasteiger partial charge in [-0.1, -0.05) is 29.3 Å². The van der Waals surface area contributed by atoms with Crippen molar-refractivity contribution in [1.29, 1.82) is 0 Å². The highest BCUT2D eigenvalue weighted by atomic mass is 35.5. The van der Waals surface area contributed by atoms with Crippen LogP contribution in [0.25, 0.3) is 16.9 Å². The highest BCUT2D eigenvalue weighted by Gasteiger charge is 2.12. The fraction of sp³-hybridized carbons (Fsp3) is 0.0714. The SMILES string of the molecule is COc1ccc2nc(-c3c(Cl)cccc3Cl)cn2c1. The topological polar surface area (TPSA) is 26.5 Å². The molecule has 0 aliphatic carbocycles.